The average molecular weight is 366 g/mol. The molecule has 2 heterocycles. The van der Waals surface area contributed by atoms with Crippen LogP contribution in [-0.4, -0.2) is 12.6 Å². The van der Waals surface area contributed by atoms with Gasteiger partial charge in [0.25, 0.3) is 0 Å². The summed E-state index contributed by atoms with van der Waals surface area (Å²) in [5.41, 5.74) is 7.15. The summed E-state index contributed by atoms with van der Waals surface area (Å²) in [6.45, 7) is 1.29. The van der Waals surface area contributed by atoms with Crippen molar-refractivity contribution in [3.05, 3.63) is 50.6 Å². The van der Waals surface area contributed by atoms with Crippen LogP contribution in [0.4, 0.5) is 0 Å². The first-order valence-electron chi connectivity index (χ1n) is 6.75. The number of nitrogens with one attached hydrogen (secondary N) is 1. The molecular weight excluding hydrogens is 350 g/mol. The van der Waals surface area contributed by atoms with Crippen molar-refractivity contribution >= 4 is 33.2 Å². The Bertz CT molecular complexity index is 656. The predicted octanol–water partition coefficient (Wildman–Crippen LogP) is 3.44. The molecule has 0 saturated heterocycles. The van der Waals surface area contributed by atoms with Gasteiger partial charge in [-0.2, -0.15) is 0 Å². The minimum absolute atomic E-state index is 0.161. The maximum absolute atomic E-state index is 6.01. The molecule has 1 aromatic heterocycles. The van der Waals surface area contributed by atoms with Gasteiger partial charge in [-0.3, -0.25) is 0 Å². The number of thiophene rings is 1. The molecule has 0 bridgehead atoms. The third-order valence-corrected chi connectivity index (χ3v) is 4.92. The summed E-state index contributed by atoms with van der Waals surface area (Å²) in [5.74, 6) is 1.40. The van der Waals surface area contributed by atoms with E-state index in [0.717, 1.165) is 21.5 Å². The number of nitrogens with two attached hydrogens (primary N) is 1. The van der Waals surface area contributed by atoms with Crippen molar-refractivity contribution in [1.29, 1.82) is 0 Å². The monoisotopic (exact) mass is 365 g/mol. The zero-order chi connectivity index (χ0) is 14.7. The Kier molecular flexibility index (Phi) is 4.45. The zero-order valence-corrected chi connectivity index (χ0v) is 13.8. The molecule has 110 valence electrons. The molecule has 3 rings (SSSR count). The number of para-hydroxylation sites is 1. The fourth-order valence-electron chi connectivity index (χ4n) is 2.32. The van der Waals surface area contributed by atoms with E-state index in [4.69, 9.17) is 10.5 Å². The lowest BCUT2D eigenvalue weighted by molar-refractivity contribution is 0.262. The van der Waals surface area contributed by atoms with E-state index in [-0.39, 0.29) is 6.04 Å². The second-order valence-corrected chi connectivity index (χ2v) is 7.33. The van der Waals surface area contributed by atoms with Crippen LogP contribution in [-0.2, 0) is 6.54 Å². The van der Waals surface area contributed by atoms with E-state index >= 15 is 0 Å². The molecule has 1 aliphatic rings. The lowest BCUT2D eigenvalue weighted by Gasteiger charge is -2.26. The average Bonchev–Trinajstić information content (AvgIpc) is 2.91. The van der Waals surface area contributed by atoms with Crippen molar-refractivity contribution in [2.75, 3.05) is 6.61 Å². The van der Waals surface area contributed by atoms with Crippen LogP contribution in [0.2, 0.25) is 0 Å². The van der Waals surface area contributed by atoms with Gasteiger partial charge < -0.3 is 15.8 Å². The topological polar surface area (TPSA) is 59.6 Å². The van der Waals surface area contributed by atoms with Gasteiger partial charge in [-0.1, -0.05) is 18.2 Å². The van der Waals surface area contributed by atoms with Gasteiger partial charge in [-0.25, -0.2) is 4.99 Å². The lowest BCUT2D eigenvalue weighted by atomic mass is 10.0. The number of benzene rings is 1. The fourth-order valence-corrected chi connectivity index (χ4v) is 3.72. The van der Waals surface area contributed by atoms with Gasteiger partial charge in [0.05, 0.1) is 23.0 Å². The molecule has 4 nitrogen and oxygen atoms in total. The maximum Gasteiger partial charge on any atom is 0.189 e. The Morgan fingerprint density at radius 1 is 1.38 bits per heavy atom. The normalized spacial score (nSPS) is 18.0. The molecule has 0 fully saturated rings. The van der Waals surface area contributed by atoms with Crippen molar-refractivity contribution < 1.29 is 4.74 Å². The number of rotatable bonds is 3. The standard InChI is InChI=1S/C15H16BrN3OS/c16-14-6-5-10(21-14)9-18-15(17)19-12-7-8-20-13-4-2-1-3-11(12)13/h1-6,12H,7-9H2,(H3,17,18,19). The molecule has 0 amide bonds. The number of guanidine groups is 1. The van der Waals surface area contributed by atoms with Crippen LogP contribution in [0.1, 0.15) is 22.9 Å². The Hall–Kier alpha value is -1.53. The smallest absolute Gasteiger partial charge is 0.189 e. The Balaban J connectivity index is 1.66. The number of aliphatic imine (C=N–C) groups is 1. The highest BCUT2D eigenvalue weighted by Crippen LogP contribution is 2.31. The molecule has 1 aromatic carbocycles. The summed E-state index contributed by atoms with van der Waals surface area (Å²) in [5, 5.41) is 3.29. The molecule has 0 spiro atoms. The van der Waals surface area contributed by atoms with Crippen molar-refractivity contribution in [3.63, 3.8) is 0 Å². The maximum atomic E-state index is 6.01. The molecule has 2 aromatic rings. The summed E-state index contributed by atoms with van der Waals surface area (Å²) in [7, 11) is 0. The first-order chi connectivity index (χ1) is 10.2. The number of hydrogen-bond acceptors (Lipinski definition) is 3. The first kappa shape index (κ1) is 14.4. The van der Waals surface area contributed by atoms with Crippen LogP contribution in [0.3, 0.4) is 0 Å². The number of fused-ring (bicyclic) bond motifs is 1. The van der Waals surface area contributed by atoms with Crippen LogP contribution in [0, 0.1) is 0 Å². The van der Waals surface area contributed by atoms with E-state index in [1.54, 1.807) is 11.3 Å². The fraction of sp³-hybridized carbons (Fsp3) is 0.267. The molecular formula is C15H16BrN3OS. The summed E-state index contributed by atoms with van der Waals surface area (Å²) in [6.07, 6.45) is 0.887. The van der Waals surface area contributed by atoms with Crippen molar-refractivity contribution in [2.45, 2.75) is 19.0 Å². The van der Waals surface area contributed by atoms with Crippen LogP contribution in [0.5, 0.6) is 5.75 Å². The SMILES string of the molecule is NC(=NCc1ccc(Br)s1)NC1CCOc2ccccc21. The number of hydrogen-bond donors (Lipinski definition) is 2. The van der Waals surface area contributed by atoms with E-state index in [1.165, 1.54) is 4.88 Å². The van der Waals surface area contributed by atoms with Gasteiger partial charge in [-0.15, -0.1) is 11.3 Å². The third kappa shape index (κ3) is 3.57. The molecule has 1 aliphatic heterocycles. The van der Waals surface area contributed by atoms with Gasteiger partial charge in [0, 0.05) is 16.9 Å². The van der Waals surface area contributed by atoms with Gasteiger partial charge in [0.15, 0.2) is 5.96 Å². The van der Waals surface area contributed by atoms with Crippen molar-refractivity contribution in [3.8, 4) is 5.75 Å². The molecule has 0 saturated carbocycles. The highest BCUT2D eigenvalue weighted by atomic mass is 79.9. The van der Waals surface area contributed by atoms with Gasteiger partial charge in [0.1, 0.15) is 5.75 Å². The van der Waals surface area contributed by atoms with Crippen LogP contribution < -0.4 is 15.8 Å². The minimum atomic E-state index is 0.161. The molecule has 21 heavy (non-hydrogen) atoms. The largest absolute Gasteiger partial charge is 0.493 e. The van der Waals surface area contributed by atoms with Crippen LogP contribution in [0.15, 0.2) is 45.2 Å². The van der Waals surface area contributed by atoms with Crippen LogP contribution >= 0.6 is 27.3 Å². The summed E-state index contributed by atoms with van der Waals surface area (Å²) >= 11 is 5.12. The lowest BCUT2D eigenvalue weighted by Crippen LogP contribution is -2.37. The highest BCUT2D eigenvalue weighted by Gasteiger charge is 2.21. The second-order valence-electron chi connectivity index (χ2n) is 4.78. The summed E-state index contributed by atoms with van der Waals surface area (Å²) in [4.78, 5) is 5.59. The molecule has 0 aliphatic carbocycles. The Labute approximate surface area is 136 Å². The second kappa shape index (κ2) is 6.49. The number of halogens is 1. The minimum Gasteiger partial charge on any atom is -0.493 e. The number of ether oxygens (including phenoxy) is 1. The van der Waals surface area contributed by atoms with E-state index < -0.39 is 0 Å². The van der Waals surface area contributed by atoms with Crippen molar-refractivity contribution in [1.82, 2.24) is 5.32 Å². The highest BCUT2D eigenvalue weighted by molar-refractivity contribution is 9.11. The first-order valence-corrected chi connectivity index (χ1v) is 8.36. The molecule has 1 atom stereocenters. The van der Waals surface area contributed by atoms with E-state index in [0.29, 0.717) is 19.1 Å². The number of nitrogens with zero attached hydrogens (tertiary/aromatic N) is 1. The third-order valence-electron chi connectivity index (χ3n) is 3.31. The molecule has 6 heteroatoms. The zero-order valence-electron chi connectivity index (χ0n) is 11.4. The van der Waals surface area contributed by atoms with Crippen LogP contribution in [0.25, 0.3) is 0 Å². The van der Waals surface area contributed by atoms with E-state index in [2.05, 4.69) is 38.4 Å². The Morgan fingerprint density at radius 3 is 3.05 bits per heavy atom. The van der Waals surface area contributed by atoms with E-state index in [9.17, 15) is 0 Å². The summed E-state index contributed by atoms with van der Waals surface area (Å²) in [6, 6.07) is 12.3. The summed E-state index contributed by atoms with van der Waals surface area (Å²) < 4.78 is 6.75. The Morgan fingerprint density at radius 2 is 2.24 bits per heavy atom. The van der Waals surface area contributed by atoms with Gasteiger partial charge >= 0.3 is 0 Å². The quantitative estimate of drug-likeness (QED) is 0.646. The van der Waals surface area contributed by atoms with Gasteiger partial charge in [0.2, 0.25) is 0 Å². The molecule has 3 N–H and O–H groups in total. The van der Waals surface area contributed by atoms with Gasteiger partial charge in [-0.05, 0) is 34.1 Å². The van der Waals surface area contributed by atoms with Crippen molar-refractivity contribution in [2.24, 2.45) is 10.7 Å². The predicted molar refractivity (Wildman–Crippen MR) is 89.8 cm³/mol. The molecule has 1 unspecified atom stereocenters. The molecule has 0 radical (unpaired) electrons. The van der Waals surface area contributed by atoms with E-state index in [1.807, 2.05) is 24.3 Å².